The second-order valence-electron chi connectivity index (χ2n) is 6.30. The summed E-state index contributed by atoms with van der Waals surface area (Å²) in [5.74, 6) is -0.752. The Bertz CT molecular complexity index is 750. The average Bonchev–Trinajstić information content (AvgIpc) is 3.08. The van der Waals surface area contributed by atoms with Crippen molar-refractivity contribution in [3.63, 3.8) is 0 Å². The van der Waals surface area contributed by atoms with Gasteiger partial charge in [-0.25, -0.2) is 0 Å². The van der Waals surface area contributed by atoms with E-state index in [4.69, 9.17) is 0 Å². The Morgan fingerprint density at radius 1 is 1.27 bits per heavy atom. The van der Waals surface area contributed by atoms with Gasteiger partial charge >= 0.3 is 5.97 Å². The van der Waals surface area contributed by atoms with E-state index < -0.39 is 11.9 Å². The van der Waals surface area contributed by atoms with E-state index in [0.29, 0.717) is 30.1 Å². The van der Waals surface area contributed by atoms with Gasteiger partial charge in [-0.3, -0.25) is 14.7 Å². The number of aromatic amines is 1. The van der Waals surface area contributed by atoms with E-state index in [0.717, 1.165) is 18.2 Å². The normalized spacial score (nSPS) is 24.8. The number of carboxylic acid groups (broad SMARTS) is 1. The fraction of sp³-hybridized carbons (Fsp3) is 0.438. The van der Waals surface area contributed by atoms with E-state index in [2.05, 4.69) is 10.2 Å². The van der Waals surface area contributed by atoms with Crippen molar-refractivity contribution in [2.75, 3.05) is 13.1 Å². The van der Waals surface area contributed by atoms with Crippen LogP contribution in [0.1, 0.15) is 23.2 Å². The number of carbonyl (C=O) groups excluding carboxylic acids is 1. The third-order valence-electron chi connectivity index (χ3n) is 4.90. The van der Waals surface area contributed by atoms with Crippen LogP contribution < -0.4 is 0 Å². The number of nitrogens with zero attached hydrogens (tertiary/aromatic N) is 2. The lowest BCUT2D eigenvalue weighted by atomic mass is 9.92. The molecule has 4 rings (SSSR count). The first-order valence-corrected chi connectivity index (χ1v) is 7.59. The number of likely N-dealkylation sites (tertiary alicyclic amines) is 1. The highest BCUT2D eigenvalue weighted by atomic mass is 16.4. The molecule has 6 nitrogen and oxygen atoms in total. The molecule has 1 saturated carbocycles. The van der Waals surface area contributed by atoms with Crippen molar-refractivity contribution in [2.45, 2.75) is 12.8 Å². The molecular formula is C16H17N3O3. The molecule has 0 spiro atoms. The Hall–Kier alpha value is -2.37. The molecule has 1 aliphatic heterocycles. The molecule has 1 aliphatic carbocycles. The van der Waals surface area contributed by atoms with Crippen molar-refractivity contribution < 1.29 is 14.7 Å². The first-order valence-electron chi connectivity index (χ1n) is 7.59. The van der Waals surface area contributed by atoms with Crippen molar-refractivity contribution in [2.24, 2.45) is 17.8 Å². The van der Waals surface area contributed by atoms with Gasteiger partial charge in [-0.15, -0.1) is 0 Å². The number of nitrogens with one attached hydrogen (secondary N) is 1. The molecule has 6 heteroatoms. The molecular weight excluding hydrogens is 282 g/mol. The fourth-order valence-corrected chi connectivity index (χ4v) is 3.58. The van der Waals surface area contributed by atoms with E-state index in [1.54, 1.807) is 17.2 Å². The molecule has 2 fully saturated rings. The first kappa shape index (κ1) is 13.3. The zero-order valence-electron chi connectivity index (χ0n) is 12.0. The standard InChI is InChI=1S/C16H17N3O3/c20-15(11-3-1-2-10-6-17-18-14(10)11)19-7-12(9-4-5-9)13(8-19)16(21)22/h1-3,6,9,12-13H,4-5,7-8H2,(H,17,18)(H,21,22)/t12-,13+/m1/s1. The molecule has 1 amide bonds. The van der Waals surface area contributed by atoms with Crippen LogP contribution in [0.2, 0.25) is 0 Å². The minimum atomic E-state index is -0.785. The Kier molecular flexibility index (Phi) is 2.92. The lowest BCUT2D eigenvalue weighted by molar-refractivity contribution is -0.142. The first-order chi connectivity index (χ1) is 10.6. The zero-order chi connectivity index (χ0) is 15.3. The quantitative estimate of drug-likeness (QED) is 0.904. The van der Waals surface area contributed by atoms with Gasteiger partial charge in [-0.2, -0.15) is 5.10 Å². The van der Waals surface area contributed by atoms with Gasteiger partial charge in [0.2, 0.25) is 0 Å². The van der Waals surface area contributed by atoms with Crippen LogP contribution in [0, 0.1) is 17.8 Å². The molecule has 114 valence electrons. The summed E-state index contributed by atoms with van der Waals surface area (Å²) in [4.78, 5) is 26.0. The van der Waals surface area contributed by atoms with Gasteiger partial charge in [0.15, 0.2) is 0 Å². The summed E-state index contributed by atoms with van der Waals surface area (Å²) in [5.41, 5.74) is 1.28. The second-order valence-corrected chi connectivity index (χ2v) is 6.30. The van der Waals surface area contributed by atoms with Gasteiger partial charge in [-0.1, -0.05) is 12.1 Å². The van der Waals surface area contributed by atoms with Crippen LogP contribution in [0.25, 0.3) is 10.9 Å². The Morgan fingerprint density at radius 3 is 2.82 bits per heavy atom. The summed E-state index contributed by atoms with van der Waals surface area (Å²) in [6.45, 7) is 0.852. The van der Waals surface area contributed by atoms with Crippen LogP contribution in [0.5, 0.6) is 0 Å². The van der Waals surface area contributed by atoms with E-state index >= 15 is 0 Å². The predicted octanol–water partition coefficient (Wildman–Crippen LogP) is 1.75. The molecule has 2 aliphatic rings. The fourth-order valence-electron chi connectivity index (χ4n) is 3.58. The summed E-state index contributed by atoms with van der Waals surface area (Å²) in [6.07, 6.45) is 3.86. The monoisotopic (exact) mass is 299 g/mol. The minimum Gasteiger partial charge on any atom is -0.481 e. The topological polar surface area (TPSA) is 86.3 Å². The van der Waals surface area contributed by atoms with Gasteiger partial charge in [0, 0.05) is 18.5 Å². The molecule has 0 bridgehead atoms. The molecule has 2 atom stereocenters. The van der Waals surface area contributed by atoms with E-state index in [1.807, 2.05) is 12.1 Å². The van der Waals surface area contributed by atoms with Crippen LogP contribution in [0.3, 0.4) is 0 Å². The van der Waals surface area contributed by atoms with E-state index in [9.17, 15) is 14.7 Å². The van der Waals surface area contributed by atoms with E-state index in [1.165, 1.54) is 0 Å². The van der Waals surface area contributed by atoms with Crippen LogP contribution in [0.15, 0.2) is 24.4 Å². The smallest absolute Gasteiger partial charge is 0.308 e. The number of hydrogen-bond acceptors (Lipinski definition) is 3. The minimum absolute atomic E-state index is 0.0995. The maximum Gasteiger partial charge on any atom is 0.308 e. The van der Waals surface area contributed by atoms with Crippen molar-refractivity contribution in [1.82, 2.24) is 15.1 Å². The third-order valence-corrected chi connectivity index (χ3v) is 4.90. The number of carboxylic acids is 1. The SMILES string of the molecule is O=C(O)[C@H]1CN(C(=O)c2cccc3cn[nH]c23)C[C@@H]1C1CC1. The maximum absolute atomic E-state index is 12.8. The van der Waals surface area contributed by atoms with Crippen molar-refractivity contribution in [3.05, 3.63) is 30.0 Å². The van der Waals surface area contributed by atoms with Crippen molar-refractivity contribution in [3.8, 4) is 0 Å². The second kappa shape index (κ2) is 4.83. The highest BCUT2D eigenvalue weighted by Crippen LogP contribution is 2.44. The number of fused-ring (bicyclic) bond motifs is 1. The number of amides is 1. The highest BCUT2D eigenvalue weighted by molar-refractivity contribution is 6.05. The van der Waals surface area contributed by atoms with Gasteiger partial charge in [-0.05, 0) is 30.7 Å². The predicted molar refractivity (Wildman–Crippen MR) is 79.3 cm³/mol. The summed E-state index contributed by atoms with van der Waals surface area (Å²) >= 11 is 0. The van der Waals surface area contributed by atoms with Crippen LogP contribution in [0.4, 0.5) is 0 Å². The van der Waals surface area contributed by atoms with Crippen molar-refractivity contribution in [1.29, 1.82) is 0 Å². The molecule has 0 radical (unpaired) electrons. The number of carbonyl (C=O) groups is 2. The van der Waals surface area contributed by atoms with Crippen LogP contribution in [-0.2, 0) is 4.79 Å². The summed E-state index contributed by atoms with van der Waals surface area (Å²) in [7, 11) is 0. The molecule has 22 heavy (non-hydrogen) atoms. The van der Waals surface area contributed by atoms with Crippen LogP contribution in [-0.4, -0.2) is 45.2 Å². The summed E-state index contributed by atoms with van der Waals surface area (Å²) in [5, 5.41) is 17.1. The molecule has 1 aromatic heterocycles. The molecule has 2 heterocycles. The van der Waals surface area contributed by atoms with Gasteiger partial charge in [0.05, 0.1) is 23.2 Å². The van der Waals surface area contributed by atoms with Gasteiger partial charge in [0.25, 0.3) is 5.91 Å². The summed E-state index contributed by atoms with van der Waals surface area (Å²) in [6, 6.07) is 5.49. The molecule has 0 unspecified atom stereocenters. The Labute approximate surface area is 127 Å². The number of hydrogen-bond donors (Lipinski definition) is 2. The number of para-hydroxylation sites is 1. The molecule has 2 N–H and O–H groups in total. The largest absolute Gasteiger partial charge is 0.481 e. The lowest BCUT2D eigenvalue weighted by Crippen LogP contribution is -2.30. The Morgan fingerprint density at radius 2 is 2.09 bits per heavy atom. The number of aliphatic carboxylic acids is 1. The molecule has 1 saturated heterocycles. The average molecular weight is 299 g/mol. The summed E-state index contributed by atoms with van der Waals surface area (Å²) < 4.78 is 0. The van der Waals surface area contributed by atoms with Gasteiger partial charge in [0.1, 0.15) is 0 Å². The van der Waals surface area contributed by atoms with Crippen molar-refractivity contribution >= 4 is 22.8 Å². The third kappa shape index (κ3) is 2.06. The number of aromatic nitrogens is 2. The number of rotatable bonds is 3. The molecule has 2 aromatic rings. The molecule has 1 aromatic carbocycles. The highest BCUT2D eigenvalue weighted by Gasteiger charge is 2.47. The van der Waals surface area contributed by atoms with Gasteiger partial charge < -0.3 is 10.0 Å². The number of H-pyrrole nitrogens is 1. The number of benzene rings is 1. The lowest BCUT2D eigenvalue weighted by Gasteiger charge is -2.16. The maximum atomic E-state index is 12.8. The Balaban J connectivity index is 1.63. The zero-order valence-corrected chi connectivity index (χ0v) is 12.0. The van der Waals surface area contributed by atoms with Crippen LogP contribution >= 0.6 is 0 Å². The van der Waals surface area contributed by atoms with E-state index in [-0.39, 0.29) is 11.8 Å².